The van der Waals surface area contributed by atoms with Crippen LogP contribution in [0.4, 0.5) is 0 Å². The summed E-state index contributed by atoms with van der Waals surface area (Å²) in [6, 6.07) is 16.9. The molecule has 0 aliphatic carbocycles. The van der Waals surface area contributed by atoms with Gasteiger partial charge < -0.3 is 4.74 Å². The van der Waals surface area contributed by atoms with Crippen molar-refractivity contribution in [2.45, 2.75) is 11.5 Å². The van der Waals surface area contributed by atoms with Crippen molar-refractivity contribution in [3.8, 4) is 17.0 Å². The zero-order valence-corrected chi connectivity index (χ0v) is 12.4. The second-order valence-corrected chi connectivity index (χ2v) is 5.40. The smallest absolute Gasteiger partial charge is 0.253 e. The number of rotatable bonds is 5. The Kier molecular flexibility index (Phi) is 4.21. The van der Waals surface area contributed by atoms with Gasteiger partial charge >= 0.3 is 0 Å². The Morgan fingerprint density at radius 2 is 1.67 bits per heavy atom. The first-order valence-corrected chi connectivity index (χ1v) is 7.79. The fourth-order valence-electron chi connectivity index (χ4n) is 1.99. The van der Waals surface area contributed by atoms with Gasteiger partial charge in [-0.2, -0.15) is 10.3 Å². The summed E-state index contributed by atoms with van der Waals surface area (Å²) < 4.78 is 5.50. The Morgan fingerprint density at radius 1 is 1.00 bits per heavy atom. The summed E-state index contributed by atoms with van der Waals surface area (Å²) in [7, 11) is 0. The number of H-pyrrole nitrogens is 1. The fourth-order valence-corrected chi connectivity index (χ4v) is 2.40. The lowest BCUT2D eigenvalue weighted by molar-refractivity contribution is 0.293. The molecule has 3 rings (SSSR count). The normalized spacial score (nSPS) is 10.5. The standard InChI is InChI=1S/C16H15N3OS/c1-21-15-8-6-14(7-9-15)13-4-2-12(3-5-13)11-20-16-10-17-19-18-16/h2-10H,11H2,1H3,(H,17,18,19). The first-order valence-electron chi connectivity index (χ1n) is 6.57. The van der Waals surface area contributed by atoms with E-state index in [1.54, 1.807) is 18.0 Å². The van der Waals surface area contributed by atoms with Crippen LogP contribution in [0.1, 0.15) is 5.56 Å². The van der Waals surface area contributed by atoms with Crippen LogP contribution in [-0.4, -0.2) is 21.7 Å². The van der Waals surface area contributed by atoms with E-state index in [-0.39, 0.29) is 0 Å². The maximum absolute atomic E-state index is 5.50. The third-order valence-corrected chi connectivity index (χ3v) is 3.90. The van der Waals surface area contributed by atoms with Crippen LogP contribution in [0.5, 0.6) is 5.88 Å². The first kappa shape index (κ1) is 13.7. The molecule has 0 bridgehead atoms. The van der Waals surface area contributed by atoms with Crippen LogP contribution in [0, 0.1) is 0 Å². The topological polar surface area (TPSA) is 50.8 Å². The molecule has 0 spiro atoms. The minimum Gasteiger partial charge on any atom is -0.471 e. The van der Waals surface area contributed by atoms with Gasteiger partial charge in [0.15, 0.2) is 0 Å². The van der Waals surface area contributed by atoms with Crippen molar-refractivity contribution in [2.24, 2.45) is 0 Å². The first-order chi connectivity index (χ1) is 10.3. The van der Waals surface area contributed by atoms with Gasteiger partial charge in [-0.1, -0.05) is 36.4 Å². The number of thioether (sulfide) groups is 1. The minimum absolute atomic E-state index is 0.484. The number of hydrogen-bond donors (Lipinski definition) is 1. The van der Waals surface area contributed by atoms with E-state index in [4.69, 9.17) is 4.74 Å². The lowest BCUT2D eigenvalue weighted by Crippen LogP contribution is -1.95. The van der Waals surface area contributed by atoms with Crippen LogP contribution in [0.25, 0.3) is 11.1 Å². The van der Waals surface area contributed by atoms with Crippen molar-refractivity contribution >= 4 is 11.8 Å². The van der Waals surface area contributed by atoms with E-state index in [1.165, 1.54) is 16.0 Å². The molecule has 1 heterocycles. The highest BCUT2D eigenvalue weighted by molar-refractivity contribution is 7.98. The lowest BCUT2D eigenvalue weighted by Gasteiger charge is -2.06. The molecule has 0 unspecified atom stereocenters. The number of nitrogens with one attached hydrogen (secondary N) is 1. The molecule has 0 atom stereocenters. The van der Waals surface area contributed by atoms with Crippen molar-refractivity contribution < 1.29 is 4.74 Å². The highest BCUT2D eigenvalue weighted by atomic mass is 32.2. The zero-order chi connectivity index (χ0) is 14.5. The molecule has 106 valence electrons. The van der Waals surface area contributed by atoms with E-state index in [1.807, 2.05) is 0 Å². The third-order valence-electron chi connectivity index (χ3n) is 3.16. The summed E-state index contributed by atoms with van der Waals surface area (Å²) in [6.45, 7) is 0.484. The molecule has 21 heavy (non-hydrogen) atoms. The van der Waals surface area contributed by atoms with Gasteiger partial charge in [0, 0.05) is 4.90 Å². The molecule has 4 nitrogen and oxygen atoms in total. The van der Waals surface area contributed by atoms with Crippen LogP contribution in [0.15, 0.2) is 59.6 Å². The number of hydrogen-bond acceptors (Lipinski definition) is 4. The van der Waals surface area contributed by atoms with Gasteiger partial charge in [0.25, 0.3) is 5.88 Å². The molecule has 0 saturated heterocycles. The number of aromatic amines is 1. The zero-order valence-electron chi connectivity index (χ0n) is 11.6. The molecule has 0 fully saturated rings. The Hall–Kier alpha value is -2.27. The van der Waals surface area contributed by atoms with E-state index in [9.17, 15) is 0 Å². The number of benzene rings is 2. The predicted octanol–water partition coefficient (Wildman–Crippen LogP) is 3.77. The quantitative estimate of drug-likeness (QED) is 0.728. The second kappa shape index (κ2) is 6.45. The summed E-state index contributed by atoms with van der Waals surface area (Å²) in [5, 5.41) is 10.1. The SMILES string of the molecule is CSc1ccc(-c2ccc(COc3cn[nH]n3)cc2)cc1. The molecule has 2 aromatic carbocycles. The minimum atomic E-state index is 0.484. The van der Waals surface area contributed by atoms with Gasteiger partial charge in [-0.3, -0.25) is 0 Å². The molecule has 1 aromatic heterocycles. The van der Waals surface area contributed by atoms with E-state index in [2.05, 4.69) is 70.2 Å². The molecule has 0 aliphatic heterocycles. The summed E-state index contributed by atoms with van der Waals surface area (Å²) in [4.78, 5) is 1.27. The van der Waals surface area contributed by atoms with Crippen molar-refractivity contribution in [2.75, 3.05) is 6.26 Å². The van der Waals surface area contributed by atoms with Crippen molar-refractivity contribution in [1.82, 2.24) is 15.4 Å². The lowest BCUT2D eigenvalue weighted by atomic mass is 10.0. The Bertz CT molecular complexity index is 679. The number of ether oxygens (including phenoxy) is 1. The maximum Gasteiger partial charge on any atom is 0.253 e. The number of nitrogens with zero attached hydrogens (tertiary/aromatic N) is 2. The van der Waals surface area contributed by atoms with Crippen LogP contribution >= 0.6 is 11.8 Å². The number of aromatic nitrogens is 3. The summed E-state index contributed by atoms with van der Waals surface area (Å²) in [5.41, 5.74) is 3.52. The van der Waals surface area contributed by atoms with Crippen molar-refractivity contribution in [3.63, 3.8) is 0 Å². The van der Waals surface area contributed by atoms with E-state index >= 15 is 0 Å². The molecule has 0 aliphatic rings. The monoisotopic (exact) mass is 297 g/mol. The maximum atomic E-state index is 5.50. The molecule has 0 amide bonds. The molecular formula is C16H15N3OS. The molecule has 5 heteroatoms. The van der Waals surface area contributed by atoms with Gasteiger partial charge in [0.05, 0.1) is 0 Å². The molecule has 0 saturated carbocycles. The molecule has 3 aromatic rings. The van der Waals surface area contributed by atoms with Crippen molar-refractivity contribution in [3.05, 3.63) is 60.3 Å². The van der Waals surface area contributed by atoms with Gasteiger partial charge in [0.2, 0.25) is 0 Å². The van der Waals surface area contributed by atoms with Crippen molar-refractivity contribution in [1.29, 1.82) is 0 Å². The van der Waals surface area contributed by atoms with E-state index < -0.39 is 0 Å². The summed E-state index contributed by atoms with van der Waals surface area (Å²) >= 11 is 1.75. The van der Waals surface area contributed by atoms with Crippen LogP contribution in [0.3, 0.4) is 0 Å². The Balaban J connectivity index is 1.68. The van der Waals surface area contributed by atoms with E-state index in [0.717, 1.165) is 5.56 Å². The fraction of sp³-hybridized carbons (Fsp3) is 0.125. The van der Waals surface area contributed by atoms with Crippen LogP contribution < -0.4 is 4.74 Å². The van der Waals surface area contributed by atoms with Gasteiger partial charge in [-0.25, -0.2) is 0 Å². The highest BCUT2D eigenvalue weighted by Gasteiger charge is 2.01. The summed E-state index contributed by atoms with van der Waals surface area (Å²) in [5.74, 6) is 0.506. The molecule has 1 N–H and O–H groups in total. The predicted molar refractivity (Wildman–Crippen MR) is 84.4 cm³/mol. The van der Waals surface area contributed by atoms with Gasteiger partial charge in [-0.15, -0.1) is 16.9 Å². The second-order valence-electron chi connectivity index (χ2n) is 4.52. The summed E-state index contributed by atoms with van der Waals surface area (Å²) in [6.07, 6.45) is 3.64. The van der Waals surface area contributed by atoms with Crippen LogP contribution in [-0.2, 0) is 6.61 Å². The average Bonchev–Trinajstić information content (AvgIpc) is 3.07. The molecule has 0 radical (unpaired) electrons. The Morgan fingerprint density at radius 3 is 2.24 bits per heavy atom. The third kappa shape index (κ3) is 3.44. The molecular weight excluding hydrogens is 282 g/mol. The average molecular weight is 297 g/mol. The highest BCUT2D eigenvalue weighted by Crippen LogP contribution is 2.23. The van der Waals surface area contributed by atoms with Gasteiger partial charge in [-0.05, 0) is 35.1 Å². The van der Waals surface area contributed by atoms with E-state index in [0.29, 0.717) is 12.5 Å². The Labute approximate surface area is 127 Å². The largest absolute Gasteiger partial charge is 0.471 e. The van der Waals surface area contributed by atoms with Gasteiger partial charge in [0.1, 0.15) is 12.8 Å². The van der Waals surface area contributed by atoms with Crippen LogP contribution in [0.2, 0.25) is 0 Å².